The molecule has 4 heteroatoms. The van der Waals surface area contributed by atoms with Crippen molar-refractivity contribution in [3.63, 3.8) is 0 Å². The van der Waals surface area contributed by atoms with Gasteiger partial charge >= 0.3 is 0 Å². The molecule has 270 valence electrons. The van der Waals surface area contributed by atoms with Gasteiger partial charge in [0, 0.05) is 27.8 Å². The largest absolute Gasteiger partial charge is 0.457 e. The highest BCUT2D eigenvalue weighted by atomic mass is 16.5. The average molecular weight is 740 g/mol. The molecule has 1 aliphatic heterocycles. The lowest BCUT2D eigenvalue weighted by molar-refractivity contribution is 0.436. The van der Waals surface area contributed by atoms with E-state index in [-0.39, 0.29) is 0 Å². The monoisotopic (exact) mass is 739 g/mol. The molecule has 0 radical (unpaired) electrons. The van der Waals surface area contributed by atoms with E-state index in [0.717, 1.165) is 73.0 Å². The summed E-state index contributed by atoms with van der Waals surface area (Å²) in [5, 5.41) is 9.33. The lowest BCUT2D eigenvalue weighted by atomic mass is 9.66. The van der Waals surface area contributed by atoms with Crippen LogP contribution in [0.1, 0.15) is 27.8 Å². The first-order chi connectivity index (χ1) is 28.7. The molecule has 1 spiro atoms. The average Bonchev–Trinajstić information content (AvgIpc) is 3.59. The van der Waals surface area contributed by atoms with E-state index in [9.17, 15) is 5.26 Å². The summed E-state index contributed by atoms with van der Waals surface area (Å²) in [5.74, 6) is 2.36. The Kier molecular flexibility index (Phi) is 7.74. The minimum Gasteiger partial charge on any atom is -0.457 e. The van der Waals surface area contributed by atoms with E-state index in [4.69, 9.17) is 14.7 Å². The summed E-state index contributed by atoms with van der Waals surface area (Å²) in [6.45, 7) is 0. The Morgan fingerprint density at radius 2 is 0.914 bits per heavy atom. The van der Waals surface area contributed by atoms with Gasteiger partial charge in [0.25, 0.3) is 0 Å². The van der Waals surface area contributed by atoms with Gasteiger partial charge in [-0.2, -0.15) is 5.26 Å². The van der Waals surface area contributed by atoms with Crippen molar-refractivity contribution in [1.29, 1.82) is 5.26 Å². The van der Waals surface area contributed by atoms with Crippen LogP contribution in [-0.4, -0.2) is 9.97 Å². The molecule has 2 heterocycles. The first-order valence-electron chi connectivity index (χ1n) is 19.5. The molecule has 1 aromatic heterocycles. The molecule has 0 unspecified atom stereocenters. The molecule has 0 saturated carbocycles. The predicted molar refractivity (Wildman–Crippen MR) is 231 cm³/mol. The number of hydrogen-bond donors (Lipinski definition) is 0. The van der Waals surface area contributed by atoms with Gasteiger partial charge in [0.2, 0.25) is 0 Å². The van der Waals surface area contributed by atoms with Gasteiger partial charge in [0.05, 0.1) is 28.4 Å². The molecule has 0 bridgehead atoms. The number of hydrogen-bond acceptors (Lipinski definition) is 4. The Labute approximate surface area is 337 Å². The van der Waals surface area contributed by atoms with E-state index in [1.54, 1.807) is 0 Å². The summed E-state index contributed by atoms with van der Waals surface area (Å²) in [6.07, 6.45) is 0. The number of nitriles is 1. The molecule has 2 aliphatic rings. The fraction of sp³-hybridized carbons (Fsp3) is 0.0185. The van der Waals surface area contributed by atoms with Gasteiger partial charge in [-0.25, -0.2) is 9.97 Å². The van der Waals surface area contributed by atoms with Crippen LogP contribution in [-0.2, 0) is 5.41 Å². The van der Waals surface area contributed by atoms with Gasteiger partial charge in [-0.15, -0.1) is 0 Å². The number of aromatic nitrogens is 2. The number of ether oxygens (including phenoxy) is 1. The van der Waals surface area contributed by atoms with Crippen molar-refractivity contribution in [1.82, 2.24) is 9.97 Å². The van der Waals surface area contributed by atoms with Crippen LogP contribution in [0, 0.1) is 11.3 Å². The highest BCUT2D eigenvalue weighted by molar-refractivity contribution is 5.97. The van der Waals surface area contributed by atoms with Crippen molar-refractivity contribution in [2.45, 2.75) is 5.41 Å². The summed E-state index contributed by atoms with van der Waals surface area (Å²) in [7, 11) is 0. The predicted octanol–water partition coefficient (Wildman–Crippen LogP) is 13.2. The topological polar surface area (TPSA) is 58.8 Å². The minimum atomic E-state index is -0.677. The zero-order valence-electron chi connectivity index (χ0n) is 31.3. The molecule has 0 amide bonds. The number of para-hydroxylation sites is 2. The van der Waals surface area contributed by atoms with E-state index in [1.807, 2.05) is 72.8 Å². The second kappa shape index (κ2) is 13.4. The van der Waals surface area contributed by atoms with Gasteiger partial charge in [0.15, 0.2) is 5.82 Å². The van der Waals surface area contributed by atoms with Crippen LogP contribution in [0.5, 0.6) is 11.5 Å². The molecule has 0 N–H and O–H groups in total. The SMILES string of the molecule is N#Cc1ccc(-c2ccc(-c3cccc4c3-c3ccc(-c5nc(-c6ccccc6)cc(-c6ccccc6)n5)cc3C43c4ccccc4Oc4ccccc43)cc2)cc1. The van der Waals surface area contributed by atoms with Crippen LogP contribution in [0.3, 0.4) is 0 Å². The highest BCUT2D eigenvalue weighted by Gasteiger charge is 2.51. The first kappa shape index (κ1) is 33.5. The standard InChI is InChI=1S/C54H33N3O/c55-34-35-22-24-36(25-23-35)37-26-28-38(29-27-37)42-16-11-19-46-52(42)43-31-30-41(32-47(43)54(46)44-17-7-9-20-50(44)58-51-21-10-8-18-45(51)54)53-56-48(39-12-3-1-4-13-39)33-49(57-53)40-14-5-2-6-15-40/h1-33H. The smallest absolute Gasteiger partial charge is 0.160 e. The third-order valence-corrected chi connectivity index (χ3v) is 11.6. The molecule has 4 nitrogen and oxygen atoms in total. The van der Waals surface area contributed by atoms with Crippen LogP contribution < -0.4 is 4.74 Å². The van der Waals surface area contributed by atoms with E-state index in [2.05, 4.69) is 133 Å². The van der Waals surface area contributed by atoms with Crippen LogP contribution in [0.4, 0.5) is 0 Å². The molecule has 11 rings (SSSR count). The Morgan fingerprint density at radius 3 is 1.52 bits per heavy atom. The number of rotatable bonds is 5. The van der Waals surface area contributed by atoms with Crippen LogP contribution in [0.2, 0.25) is 0 Å². The normalized spacial score (nSPS) is 12.7. The Morgan fingerprint density at radius 1 is 0.397 bits per heavy atom. The molecule has 8 aromatic carbocycles. The van der Waals surface area contributed by atoms with Crippen molar-refractivity contribution in [2.75, 3.05) is 0 Å². The van der Waals surface area contributed by atoms with Crippen molar-refractivity contribution in [3.05, 3.63) is 228 Å². The molecule has 0 atom stereocenters. The zero-order valence-corrected chi connectivity index (χ0v) is 31.3. The summed E-state index contributed by atoms with van der Waals surface area (Å²) in [4.78, 5) is 10.5. The summed E-state index contributed by atoms with van der Waals surface area (Å²) >= 11 is 0. The van der Waals surface area contributed by atoms with E-state index in [1.165, 1.54) is 22.3 Å². The maximum Gasteiger partial charge on any atom is 0.160 e. The second-order valence-electron chi connectivity index (χ2n) is 14.8. The number of fused-ring (bicyclic) bond motifs is 9. The Hall–Kier alpha value is -7.87. The fourth-order valence-corrected chi connectivity index (χ4v) is 9.00. The lowest BCUT2D eigenvalue weighted by Crippen LogP contribution is -2.32. The van der Waals surface area contributed by atoms with Crippen LogP contribution in [0.15, 0.2) is 200 Å². The van der Waals surface area contributed by atoms with E-state index in [0.29, 0.717) is 11.4 Å². The highest BCUT2D eigenvalue weighted by Crippen LogP contribution is 2.63. The lowest BCUT2D eigenvalue weighted by Gasteiger charge is -2.39. The summed E-state index contributed by atoms with van der Waals surface area (Å²) in [6, 6.07) is 71.9. The van der Waals surface area contributed by atoms with Gasteiger partial charge < -0.3 is 4.74 Å². The van der Waals surface area contributed by atoms with Crippen molar-refractivity contribution >= 4 is 0 Å². The molecular weight excluding hydrogens is 707 g/mol. The molecule has 58 heavy (non-hydrogen) atoms. The molecule has 1 aliphatic carbocycles. The Bertz CT molecular complexity index is 2970. The summed E-state index contributed by atoms with van der Waals surface area (Å²) < 4.78 is 6.68. The second-order valence-corrected chi connectivity index (χ2v) is 14.8. The molecule has 0 saturated heterocycles. The minimum absolute atomic E-state index is 0.652. The molecular formula is C54H33N3O. The number of nitrogens with zero attached hydrogens (tertiary/aromatic N) is 3. The molecule has 9 aromatic rings. The van der Waals surface area contributed by atoms with Crippen molar-refractivity contribution in [3.8, 4) is 84.9 Å². The van der Waals surface area contributed by atoms with Gasteiger partial charge in [0.1, 0.15) is 11.5 Å². The summed E-state index contributed by atoms with van der Waals surface area (Å²) in [5.41, 5.74) is 16.1. The van der Waals surface area contributed by atoms with E-state index < -0.39 is 5.41 Å². The maximum atomic E-state index is 9.33. The van der Waals surface area contributed by atoms with Gasteiger partial charge in [-0.1, -0.05) is 164 Å². The molecule has 0 fully saturated rings. The third-order valence-electron chi connectivity index (χ3n) is 11.6. The third kappa shape index (κ3) is 5.22. The number of benzene rings is 8. The maximum absolute atomic E-state index is 9.33. The van der Waals surface area contributed by atoms with Crippen LogP contribution in [0.25, 0.3) is 67.3 Å². The van der Waals surface area contributed by atoms with Crippen molar-refractivity contribution < 1.29 is 4.74 Å². The first-order valence-corrected chi connectivity index (χ1v) is 19.5. The van der Waals surface area contributed by atoms with E-state index >= 15 is 0 Å². The zero-order chi connectivity index (χ0) is 38.6. The Balaban J connectivity index is 1.16. The quantitative estimate of drug-likeness (QED) is 0.176. The fourth-order valence-electron chi connectivity index (χ4n) is 9.00. The van der Waals surface area contributed by atoms with Crippen LogP contribution >= 0.6 is 0 Å². The van der Waals surface area contributed by atoms with Gasteiger partial charge in [-0.3, -0.25) is 0 Å². The van der Waals surface area contributed by atoms with Gasteiger partial charge in [-0.05, 0) is 80.9 Å². The van der Waals surface area contributed by atoms with Crippen molar-refractivity contribution in [2.24, 2.45) is 0 Å².